The molecule has 0 aromatic heterocycles. The van der Waals surface area contributed by atoms with Crippen molar-refractivity contribution in [2.45, 2.75) is 5.41 Å². The van der Waals surface area contributed by atoms with Crippen LogP contribution in [0.3, 0.4) is 0 Å². The minimum absolute atomic E-state index is 0.351. The summed E-state index contributed by atoms with van der Waals surface area (Å²) in [5, 5.41) is 2.52. The Morgan fingerprint density at radius 3 is 1.24 bits per heavy atom. The summed E-state index contributed by atoms with van der Waals surface area (Å²) >= 11 is 0. The van der Waals surface area contributed by atoms with Gasteiger partial charge in [-0.2, -0.15) is 0 Å². The van der Waals surface area contributed by atoms with Crippen molar-refractivity contribution in [3.05, 3.63) is 235 Å². The Balaban J connectivity index is 1.05. The van der Waals surface area contributed by atoms with Crippen molar-refractivity contribution in [2.75, 3.05) is 4.90 Å². The van der Waals surface area contributed by atoms with Crippen LogP contribution in [0.4, 0.5) is 17.1 Å². The normalized spacial score (nSPS) is 13.0. The summed E-state index contributed by atoms with van der Waals surface area (Å²) < 4.78 is 0. The van der Waals surface area contributed by atoms with Gasteiger partial charge in [-0.25, -0.2) is 0 Å². The molecule has 0 N–H and O–H groups in total. The monoisotopic (exact) mass is 685 g/mol. The number of fused-ring (bicyclic) bond motifs is 11. The van der Waals surface area contributed by atoms with Gasteiger partial charge in [0.05, 0.1) is 5.41 Å². The molecule has 11 rings (SSSR count). The Labute approximate surface area is 316 Å². The van der Waals surface area contributed by atoms with E-state index in [2.05, 4.69) is 217 Å². The van der Waals surface area contributed by atoms with Crippen LogP contribution in [0.2, 0.25) is 0 Å². The molecule has 1 nitrogen and oxygen atoms in total. The minimum atomic E-state index is -0.351. The summed E-state index contributed by atoms with van der Waals surface area (Å²) in [5.74, 6) is 0. The van der Waals surface area contributed by atoms with E-state index in [4.69, 9.17) is 0 Å². The minimum Gasteiger partial charge on any atom is -0.310 e. The maximum atomic E-state index is 2.42. The first-order valence-electron chi connectivity index (χ1n) is 18.8. The summed E-state index contributed by atoms with van der Waals surface area (Å²) in [7, 11) is 0. The molecule has 54 heavy (non-hydrogen) atoms. The van der Waals surface area contributed by atoms with Gasteiger partial charge in [0.1, 0.15) is 0 Å². The molecule has 1 spiro atoms. The Morgan fingerprint density at radius 1 is 0.259 bits per heavy atom. The second-order valence-corrected chi connectivity index (χ2v) is 14.4. The summed E-state index contributed by atoms with van der Waals surface area (Å²) in [5.41, 5.74) is 18.6. The lowest BCUT2D eigenvalue weighted by atomic mass is 9.70. The molecule has 0 unspecified atom stereocenters. The van der Waals surface area contributed by atoms with Crippen molar-refractivity contribution in [1.82, 2.24) is 0 Å². The Hall–Kier alpha value is -6.96. The maximum absolute atomic E-state index is 2.42. The molecule has 9 aromatic carbocycles. The standard InChI is InChI=1S/C53H35N/c1-3-15-36(16-4-1)41-22-13-25-44-42(23-14-24-43(41)44)37-29-31-39(32-30-37)54(38-17-5-2-6-18-38)40-33-34-52-48(35-40)47-21-9-12-28-51(47)53(52)49-26-10-7-19-45(49)46-20-8-11-27-50(46)53/h1-35H. The highest BCUT2D eigenvalue weighted by molar-refractivity contribution is 6.04. The molecule has 0 aliphatic heterocycles. The van der Waals surface area contributed by atoms with E-state index in [1.807, 2.05) is 0 Å². The predicted molar refractivity (Wildman–Crippen MR) is 226 cm³/mol. The molecule has 0 radical (unpaired) electrons. The zero-order valence-corrected chi connectivity index (χ0v) is 29.7. The Bertz CT molecular complexity index is 2820. The average Bonchev–Trinajstić information content (AvgIpc) is 3.71. The SMILES string of the molecule is c1ccc(-c2cccc3c(-c4ccc(N(c5ccccc5)c5ccc6c(c5)-c5ccccc5C65c6ccccc6-c6ccccc65)cc4)cccc23)cc1. The summed E-state index contributed by atoms with van der Waals surface area (Å²) in [4.78, 5) is 2.39. The van der Waals surface area contributed by atoms with Gasteiger partial charge in [-0.15, -0.1) is 0 Å². The van der Waals surface area contributed by atoms with Crippen molar-refractivity contribution in [3.8, 4) is 44.5 Å². The largest absolute Gasteiger partial charge is 0.310 e. The zero-order chi connectivity index (χ0) is 35.6. The molecule has 0 amide bonds. The number of anilines is 3. The summed E-state index contributed by atoms with van der Waals surface area (Å²) in [6, 6.07) is 78.0. The average molecular weight is 686 g/mol. The van der Waals surface area contributed by atoms with Crippen LogP contribution in [0, 0.1) is 0 Å². The maximum Gasteiger partial charge on any atom is 0.0725 e. The van der Waals surface area contributed by atoms with Gasteiger partial charge >= 0.3 is 0 Å². The Kier molecular flexibility index (Phi) is 6.84. The summed E-state index contributed by atoms with van der Waals surface area (Å²) in [6.07, 6.45) is 0. The van der Waals surface area contributed by atoms with Gasteiger partial charge in [-0.05, 0) is 114 Å². The second kappa shape index (κ2) is 12.0. The van der Waals surface area contributed by atoms with Crippen molar-refractivity contribution < 1.29 is 0 Å². The first-order valence-corrected chi connectivity index (χ1v) is 18.8. The lowest BCUT2D eigenvalue weighted by Crippen LogP contribution is -2.25. The molecular formula is C53H35N. The van der Waals surface area contributed by atoms with Gasteiger partial charge in [0.15, 0.2) is 0 Å². The van der Waals surface area contributed by atoms with E-state index in [0.29, 0.717) is 0 Å². The molecule has 1 heteroatoms. The third-order valence-corrected chi connectivity index (χ3v) is 11.7. The van der Waals surface area contributed by atoms with Crippen LogP contribution >= 0.6 is 0 Å². The Morgan fingerprint density at radius 2 is 0.667 bits per heavy atom. The van der Waals surface area contributed by atoms with Crippen LogP contribution < -0.4 is 4.90 Å². The first-order chi connectivity index (χ1) is 26.8. The van der Waals surface area contributed by atoms with E-state index in [1.165, 1.54) is 77.5 Å². The smallest absolute Gasteiger partial charge is 0.0725 e. The van der Waals surface area contributed by atoms with Crippen molar-refractivity contribution in [1.29, 1.82) is 0 Å². The van der Waals surface area contributed by atoms with Gasteiger partial charge in [0.25, 0.3) is 0 Å². The topological polar surface area (TPSA) is 3.24 Å². The highest BCUT2D eigenvalue weighted by Gasteiger charge is 2.51. The van der Waals surface area contributed by atoms with E-state index < -0.39 is 0 Å². The number of rotatable bonds is 5. The zero-order valence-electron chi connectivity index (χ0n) is 29.7. The van der Waals surface area contributed by atoms with E-state index in [9.17, 15) is 0 Å². The molecule has 0 heterocycles. The molecule has 252 valence electrons. The lowest BCUT2D eigenvalue weighted by molar-refractivity contribution is 0.794. The molecule has 0 saturated carbocycles. The number of hydrogen-bond acceptors (Lipinski definition) is 1. The van der Waals surface area contributed by atoms with Crippen LogP contribution in [0.25, 0.3) is 55.3 Å². The fraction of sp³-hybridized carbons (Fsp3) is 0.0189. The molecular weight excluding hydrogens is 651 g/mol. The molecule has 0 atom stereocenters. The fourth-order valence-corrected chi connectivity index (χ4v) is 9.47. The third kappa shape index (κ3) is 4.39. The molecule has 0 fully saturated rings. The number of para-hydroxylation sites is 1. The number of hydrogen-bond donors (Lipinski definition) is 0. The fourth-order valence-electron chi connectivity index (χ4n) is 9.47. The van der Waals surface area contributed by atoms with Crippen LogP contribution in [0.5, 0.6) is 0 Å². The van der Waals surface area contributed by atoms with E-state index in [0.717, 1.165) is 17.1 Å². The molecule has 0 bridgehead atoms. The van der Waals surface area contributed by atoms with Gasteiger partial charge in [-0.1, -0.05) is 176 Å². The van der Waals surface area contributed by atoms with Crippen LogP contribution in [0.1, 0.15) is 22.3 Å². The highest BCUT2D eigenvalue weighted by atomic mass is 15.1. The molecule has 0 saturated heterocycles. The van der Waals surface area contributed by atoms with E-state index in [1.54, 1.807) is 0 Å². The van der Waals surface area contributed by atoms with Gasteiger partial charge < -0.3 is 4.90 Å². The quantitative estimate of drug-likeness (QED) is 0.174. The number of benzene rings is 9. The predicted octanol–water partition coefficient (Wildman–Crippen LogP) is 14.0. The van der Waals surface area contributed by atoms with Gasteiger partial charge in [-0.3, -0.25) is 0 Å². The molecule has 2 aliphatic rings. The van der Waals surface area contributed by atoms with E-state index in [-0.39, 0.29) is 5.41 Å². The van der Waals surface area contributed by atoms with Crippen molar-refractivity contribution in [2.24, 2.45) is 0 Å². The second-order valence-electron chi connectivity index (χ2n) is 14.4. The lowest BCUT2D eigenvalue weighted by Gasteiger charge is -2.31. The molecule has 2 aliphatic carbocycles. The van der Waals surface area contributed by atoms with Crippen molar-refractivity contribution >= 4 is 27.8 Å². The van der Waals surface area contributed by atoms with Crippen LogP contribution in [-0.2, 0) is 5.41 Å². The van der Waals surface area contributed by atoms with E-state index >= 15 is 0 Å². The first kappa shape index (κ1) is 30.6. The van der Waals surface area contributed by atoms with Gasteiger partial charge in [0.2, 0.25) is 0 Å². The van der Waals surface area contributed by atoms with Crippen LogP contribution in [-0.4, -0.2) is 0 Å². The summed E-state index contributed by atoms with van der Waals surface area (Å²) in [6.45, 7) is 0. The molecule has 9 aromatic rings. The third-order valence-electron chi connectivity index (χ3n) is 11.7. The van der Waals surface area contributed by atoms with Crippen molar-refractivity contribution in [3.63, 3.8) is 0 Å². The highest BCUT2D eigenvalue weighted by Crippen LogP contribution is 2.63. The number of nitrogens with zero attached hydrogens (tertiary/aromatic N) is 1. The van der Waals surface area contributed by atoms with Crippen LogP contribution in [0.15, 0.2) is 212 Å². The van der Waals surface area contributed by atoms with Gasteiger partial charge in [0, 0.05) is 17.1 Å².